The van der Waals surface area contributed by atoms with E-state index in [1.807, 2.05) is 7.05 Å². The molecule has 15 atom stereocenters. The van der Waals surface area contributed by atoms with Crippen molar-refractivity contribution in [2.24, 2.45) is 28.6 Å². The van der Waals surface area contributed by atoms with E-state index in [1.165, 1.54) is 90.6 Å². The molecule has 6 fully saturated rings. The number of likely N-dealkylation sites (tertiary alicyclic amines) is 1. The van der Waals surface area contributed by atoms with E-state index >= 15 is 0 Å². The normalized spacial score (nSPS) is 40.4. The summed E-state index contributed by atoms with van der Waals surface area (Å²) >= 11 is 0. The number of nitrogens with zero attached hydrogens (tertiary/aromatic N) is 1. The predicted octanol–water partition coefficient (Wildman–Crippen LogP) is 6.39. The van der Waals surface area contributed by atoms with Crippen molar-refractivity contribution >= 4 is 11.9 Å². The number of benzene rings is 1. The Bertz CT molecular complexity index is 1700. The Labute approximate surface area is 382 Å². The number of hydrogen-bond donors (Lipinski definition) is 4. The summed E-state index contributed by atoms with van der Waals surface area (Å²) in [5.41, 5.74) is -8.21. The van der Waals surface area contributed by atoms with Gasteiger partial charge in [0.1, 0.15) is 23.9 Å². The molecule has 1 spiro atoms. The third-order valence-electron chi connectivity index (χ3n) is 17.4. The van der Waals surface area contributed by atoms with Crippen LogP contribution in [0.3, 0.4) is 0 Å². The average molecular weight is 900 g/mol. The lowest BCUT2D eigenvalue weighted by Gasteiger charge is -2.72. The van der Waals surface area contributed by atoms with E-state index in [2.05, 4.69) is 11.8 Å². The number of unbranched alkanes of at least 4 members (excludes halogenated alkanes) is 16. The van der Waals surface area contributed by atoms with Crippen LogP contribution in [0.15, 0.2) is 30.3 Å². The van der Waals surface area contributed by atoms with Crippen molar-refractivity contribution in [3.05, 3.63) is 35.9 Å². The highest BCUT2D eigenvalue weighted by molar-refractivity contribution is 5.89. The highest BCUT2D eigenvalue weighted by atomic mass is 16.6. The van der Waals surface area contributed by atoms with Crippen LogP contribution in [0.5, 0.6) is 0 Å². The molecule has 1 heterocycles. The van der Waals surface area contributed by atoms with Crippen LogP contribution in [0.4, 0.5) is 0 Å². The van der Waals surface area contributed by atoms with Crippen molar-refractivity contribution < 1.29 is 58.4 Å². The van der Waals surface area contributed by atoms with Crippen molar-refractivity contribution in [3.8, 4) is 0 Å². The van der Waals surface area contributed by atoms with Crippen LogP contribution in [-0.4, -0.2) is 145 Å². The number of rotatable bonds is 26. The molecule has 5 aliphatic carbocycles. The first-order valence-electron chi connectivity index (χ1n) is 24.9. The lowest BCUT2D eigenvalue weighted by atomic mass is 9.40. The van der Waals surface area contributed by atoms with E-state index in [1.54, 1.807) is 51.7 Å². The molecule has 13 heteroatoms. The summed E-state index contributed by atoms with van der Waals surface area (Å²) in [6.07, 6.45) is 13.3. The topological polar surface area (TPSA) is 174 Å². The van der Waals surface area contributed by atoms with E-state index in [-0.39, 0.29) is 25.0 Å². The summed E-state index contributed by atoms with van der Waals surface area (Å²) in [4.78, 5) is 30.7. The van der Waals surface area contributed by atoms with Crippen molar-refractivity contribution in [2.45, 2.75) is 195 Å². The molecular weight excluding hydrogens is 819 g/mol. The minimum absolute atomic E-state index is 0.0705. The maximum Gasteiger partial charge on any atom is 0.338 e. The van der Waals surface area contributed by atoms with E-state index in [0.717, 1.165) is 19.3 Å². The molecule has 1 saturated heterocycles. The lowest BCUT2D eigenvalue weighted by Crippen LogP contribution is -2.85. The van der Waals surface area contributed by atoms with Crippen LogP contribution in [0.1, 0.15) is 146 Å². The van der Waals surface area contributed by atoms with E-state index in [9.17, 15) is 30.0 Å². The molecule has 1 unspecified atom stereocenters. The Balaban J connectivity index is 1.13. The van der Waals surface area contributed by atoms with Crippen LogP contribution < -0.4 is 0 Å². The zero-order valence-electron chi connectivity index (χ0n) is 39.7. The standard InChI is InChI=1S/C51H81NO12/c1-7-8-9-10-11-12-13-14-15-16-17-18-19-20-21-22-26-29-37(54)64-51-38-39(61-5)40-47(33-59-3)32-52(2)42(38)50(40,36(60-4)30-35(47)53)49(58)31-48(57,45(62-6)43(51)55)44(41(49)51)63-46(56)34-27-24-23-25-28-34/h23-25,27-28,35-36,38-45,53,55,57-58H,7-22,26,29-33H2,1-6H3/t35-,36+,38+,39+,40-,41+,42?,43+,44-,45+,47+,48-,49+,50-,51+/m1/s1. The molecule has 5 saturated carbocycles. The molecule has 0 radical (unpaired) electrons. The van der Waals surface area contributed by atoms with Gasteiger partial charge in [-0.3, -0.25) is 4.79 Å². The summed E-state index contributed by atoms with van der Waals surface area (Å²) in [7, 11) is 7.97. The van der Waals surface area contributed by atoms with Gasteiger partial charge in [0.25, 0.3) is 0 Å². The van der Waals surface area contributed by atoms with Crippen LogP contribution in [0, 0.1) is 28.6 Å². The van der Waals surface area contributed by atoms with Gasteiger partial charge in [0.05, 0.1) is 42.0 Å². The van der Waals surface area contributed by atoms with Gasteiger partial charge in [0, 0.05) is 83.0 Å². The summed E-state index contributed by atoms with van der Waals surface area (Å²) in [6.45, 7) is 2.74. The largest absolute Gasteiger partial charge is 0.455 e. The second-order valence-corrected chi connectivity index (χ2v) is 20.7. The first-order valence-corrected chi connectivity index (χ1v) is 24.9. The number of carbonyl (C=O) groups excluding carboxylic acids is 2. The van der Waals surface area contributed by atoms with Gasteiger partial charge in [-0.15, -0.1) is 0 Å². The Morgan fingerprint density at radius 2 is 1.33 bits per heavy atom. The molecule has 13 nitrogen and oxygen atoms in total. The highest BCUT2D eigenvalue weighted by Crippen LogP contribution is 2.81. The molecule has 6 aliphatic rings. The van der Waals surface area contributed by atoms with E-state index < -0.39 is 106 Å². The third-order valence-corrected chi connectivity index (χ3v) is 17.4. The van der Waals surface area contributed by atoms with Gasteiger partial charge >= 0.3 is 11.9 Å². The number of piperidine rings is 1. The Morgan fingerprint density at radius 1 is 0.750 bits per heavy atom. The van der Waals surface area contributed by atoms with Crippen molar-refractivity contribution in [3.63, 3.8) is 0 Å². The number of methoxy groups -OCH3 is 4. The Hall–Kier alpha value is -2.20. The Morgan fingerprint density at radius 3 is 1.86 bits per heavy atom. The number of carbonyl (C=O) groups is 2. The highest BCUT2D eigenvalue weighted by Gasteiger charge is 2.96. The Kier molecular flexibility index (Phi) is 16.0. The fraction of sp³-hybridized carbons (Fsp3) is 0.843. The summed E-state index contributed by atoms with van der Waals surface area (Å²) in [6, 6.07) is 7.76. The van der Waals surface area contributed by atoms with Gasteiger partial charge in [-0.05, 0) is 25.6 Å². The monoisotopic (exact) mass is 900 g/mol. The van der Waals surface area contributed by atoms with Gasteiger partial charge in [0.15, 0.2) is 5.60 Å². The maximum atomic E-state index is 14.6. The van der Waals surface area contributed by atoms with Gasteiger partial charge in [-0.2, -0.15) is 0 Å². The van der Waals surface area contributed by atoms with E-state index in [0.29, 0.717) is 13.0 Å². The maximum absolute atomic E-state index is 14.6. The minimum Gasteiger partial charge on any atom is -0.455 e. The molecule has 1 aliphatic heterocycles. The van der Waals surface area contributed by atoms with Crippen LogP contribution in [0.2, 0.25) is 0 Å². The van der Waals surface area contributed by atoms with Crippen molar-refractivity contribution in [1.29, 1.82) is 0 Å². The summed E-state index contributed by atoms with van der Waals surface area (Å²) in [5.74, 6) is -4.16. The minimum atomic E-state index is -2.13. The fourth-order valence-electron chi connectivity index (χ4n) is 15.2. The smallest absolute Gasteiger partial charge is 0.338 e. The SMILES string of the molecule is CCCCCCCCCCCCCCCCCCCC(=O)O[C@@]12[C@@H]3C4N(C)C[C@]5(COC)[C@H](O)C[C@H](OC)[C@]4([C@@H]5[C@H]3OC)[C@]3(O)C[C@@](O)([C@H](OC(=O)c4ccccc4)[C@H]13)[C@@H](OC)[C@@H]2O. The molecule has 64 heavy (non-hydrogen) atoms. The van der Waals surface area contributed by atoms with Crippen LogP contribution in [0.25, 0.3) is 0 Å². The zero-order valence-corrected chi connectivity index (χ0v) is 39.7. The molecule has 7 rings (SSSR count). The summed E-state index contributed by atoms with van der Waals surface area (Å²) < 4.78 is 38.1. The second-order valence-electron chi connectivity index (χ2n) is 20.7. The fourth-order valence-corrected chi connectivity index (χ4v) is 15.2. The molecule has 4 N–H and O–H groups in total. The molecule has 0 amide bonds. The van der Waals surface area contributed by atoms with Crippen LogP contribution in [-0.2, 0) is 33.2 Å². The zero-order chi connectivity index (χ0) is 45.9. The molecule has 1 aromatic rings. The second kappa shape index (κ2) is 20.6. The van der Waals surface area contributed by atoms with E-state index in [4.69, 9.17) is 28.4 Å². The third kappa shape index (κ3) is 7.90. The van der Waals surface area contributed by atoms with Crippen molar-refractivity contribution in [1.82, 2.24) is 4.90 Å². The van der Waals surface area contributed by atoms with Gasteiger partial charge in [-0.1, -0.05) is 128 Å². The lowest BCUT2D eigenvalue weighted by molar-refractivity contribution is -0.353. The number of esters is 2. The molecule has 362 valence electrons. The number of hydrogen-bond acceptors (Lipinski definition) is 13. The molecular formula is C51H81NO12. The first kappa shape index (κ1) is 49.7. The molecule has 0 aromatic heterocycles. The predicted molar refractivity (Wildman–Crippen MR) is 240 cm³/mol. The number of fused-ring (bicyclic) bond motifs is 2. The quantitative estimate of drug-likeness (QED) is 0.0596. The first-order chi connectivity index (χ1) is 30.8. The van der Waals surface area contributed by atoms with Gasteiger partial charge in [-0.25, -0.2) is 4.79 Å². The summed E-state index contributed by atoms with van der Waals surface area (Å²) in [5, 5.41) is 52.4. The molecule has 7 bridgehead atoms. The number of aliphatic hydroxyl groups is 4. The van der Waals surface area contributed by atoms with Gasteiger partial charge in [0.2, 0.25) is 0 Å². The number of ether oxygens (including phenoxy) is 6. The average Bonchev–Trinajstić information content (AvgIpc) is 3.65. The van der Waals surface area contributed by atoms with Crippen LogP contribution >= 0.6 is 0 Å². The number of aliphatic hydroxyl groups excluding tert-OH is 2. The van der Waals surface area contributed by atoms with Crippen molar-refractivity contribution in [2.75, 3.05) is 48.6 Å². The molecule has 1 aromatic carbocycles. The van der Waals surface area contributed by atoms with Gasteiger partial charge < -0.3 is 53.7 Å².